The molecular weight excluding hydrogens is 232 g/mol. The fraction of sp³-hybridized carbons (Fsp3) is 0.222. The predicted molar refractivity (Wildman–Crippen MR) is 59.0 cm³/mol. The van der Waals surface area contributed by atoms with Gasteiger partial charge in [-0.3, -0.25) is 4.55 Å². The van der Waals surface area contributed by atoms with Crippen LogP contribution in [0, 0.1) is 0 Å². The maximum Gasteiger partial charge on any atom is 0.321 e. The van der Waals surface area contributed by atoms with Crippen LogP contribution in [-0.4, -0.2) is 38.0 Å². The van der Waals surface area contributed by atoms with E-state index in [1.165, 1.54) is 29.2 Å². The second-order valence-corrected chi connectivity index (χ2v) is 4.75. The minimum atomic E-state index is -4.19. The van der Waals surface area contributed by atoms with Crippen molar-refractivity contribution in [2.75, 3.05) is 19.4 Å². The summed E-state index contributed by atoms with van der Waals surface area (Å²) >= 11 is 0. The molecule has 0 bridgehead atoms. The number of nitrogens with one attached hydrogen (secondary N) is 1. The standard InChI is InChI=1S/C9H12N2O4S/c1-11(2)9(12)10-7-3-5-8(6-4-7)16(13,14)15/h3-6H,1-2H3,(H,10,12)(H,13,14,15). The molecule has 1 aromatic carbocycles. The summed E-state index contributed by atoms with van der Waals surface area (Å²) in [5, 5.41) is 2.53. The molecule has 2 amide bonds. The SMILES string of the molecule is CN(C)C(=O)Nc1ccc(S(=O)(=O)O)cc1. The Morgan fingerprint density at radius 1 is 1.25 bits per heavy atom. The molecule has 1 rings (SSSR count). The molecule has 88 valence electrons. The van der Waals surface area contributed by atoms with Gasteiger partial charge in [0.25, 0.3) is 10.1 Å². The molecule has 0 aliphatic carbocycles. The molecule has 1 aromatic rings. The van der Waals surface area contributed by atoms with E-state index in [1.807, 2.05) is 0 Å². The number of benzene rings is 1. The molecule has 6 nitrogen and oxygen atoms in total. The molecule has 0 heterocycles. The van der Waals surface area contributed by atoms with Crippen molar-refractivity contribution in [3.63, 3.8) is 0 Å². The lowest BCUT2D eigenvalue weighted by molar-refractivity contribution is 0.230. The zero-order valence-electron chi connectivity index (χ0n) is 8.84. The van der Waals surface area contributed by atoms with E-state index in [0.29, 0.717) is 5.69 Å². The van der Waals surface area contributed by atoms with Gasteiger partial charge in [0.2, 0.25) is 0 Å². The van der Waals surface area contributed by atoms with Crippen molar-refractivity contribution in [3.8, 4) is 0 Å². The summed E-state index contributed by atoms with van der Waals surface area (Å²) in [6.45, 7) is 0. The van der Waals surface area contributed by atoms with Gasteiger partial charge in [-0.05, 0) is 24.3 Å². The van der Waals surface area contributed by atoms with Crippen molar-refractivity contribution in [2.45, 2.75) is 4.90 Å². The summed E-state index contributed by atoms with van der Waals surface area (Å²) in [5.74, 6) is 0. The highest BCUT2D eigenvalue weighted by Crippen LogP contribution is 2.13. The second-order valence-electron chi connectivity index (χ2n) is 3.32. The molecular formula is C9H12N2O4S. The Morgan fingerprint density at radius 3 is 2.12 bits per heavy atom. The summed E-state index contributed by atoms with van der Waals surface area (Å²) in [4.78, 5) is 12.4. The number of urea groups is 1. The highest BCUT2D eigenvalue weighted by molar-refractivity contribution is 7.85. The summed E-state index contributed by atoms with van der Waals surface area (Å²) in [5.41, 5.74) is 0.450. The minimum Gasteiger partial charge on any atom is -0.331 e. The number of anilines is 1. The van der Waals surface area contributed by atoms with Crippen LogP contribution in [0.4, 0.5) is 10.5 Å². The van der Waals surface area contributed by atoms with Gasteiger partial charge in [-0.25, -0.2) is 4.79 Å². The Balaban J connectivity index is 2.84. The molecule has 0 saturated heterocycles. The molecule has 0 spiro atoms. The molecule has 16 heavy (non-hydrogen) atoms. The van der Waals surface area contributed by atoms with Crippen LogP contribution in [0.1, 0.15) is 0 Å². The molecule has 0 unspecified atom stereocenters. The number of amides is 2. The molecule has 2 N–H and O–H groups in total. The van der Waals surface area contributed by atoms with E-state index in [9.17, 15) is 13.2 Å². The smallest absolute Gasteiger partial charge is 0.321 e. The fourth-order valence-electron chi connectivity index (χ4n) is 0.946. The van der Waals surface area contributed by atoms with Crippen molar-refractivity contribution < 1.29 is 17.8 Å². The molecule has 0 atom stereocenters. The van der Waals surface area contributed by atoms with Gasteiger partial charge in [-0.15, -0.1) is 0 Å². The van der Waals surface area contributed by atoms with E-state index < -0.39 is 10.1 Å². The van der Waals surface area contributed by atoms with Crippen LogP contribution in [0.2, 0.25) is 0 Å². The molecule has 0 aromatic heterocycles. The predicted octanol–water partition coefficient (Wildman–Crippen LogP) is 1.03. The van der Waals surface area contributed by atoms with Crippen LogP contribution in [0.15, 0.2) is 29.2 Å². The normalized spacial score (nSPS) is 10.9. The lowest BCUT2D eigenvalue weighted by Crippen LogP contribution is -2.27. The van der Waals surface area contributed by atoms with E-state index in [0.717, 1.165) is 0 Å². The lowest BCUT2D eigenvalue weighted by atomic mass is 10.3. The summed E-state index contributed by atoms with van der Waals surface area (Å²) in [7, 11) is -1.02. The van der Waals surface area contributed by atoms with Gasteiger partial charge in [0.05, 0.1) is 4.90 Å². The van der Waals surface area contributed by atoms with Crippen LogP contribution in [0.3, 0.4) is 0 Å². The lowest BCUT2D eigenvalue weighted by Gasteiger charge is -2.11. The first-order chi connectivity index (χ1) is 7.30. The highest BCUT2D eigenvalue weighted by atomic mass is 32.2. The van der Waals surface area contributed by atoms with Gasteiger partial charge in [0.15, 0.2) is 0 Å². The van der Waals surface area contributed by atoms with Gasteiger partial charge in [-0.2, -0.15) is 8.42 Å². The first-order valence-corrected chi connectivity index (χ1v) is 5.80. The van der Waals surface area contributed by atoms with Gasteiger partial charge in [0.1, 0.15) is 0 Å². The molecule has 0 aliphatic heterocycles. The third-order valence-corrected chi connectivity index (χ3v) is 2.68. The Labute approximate surface area is 93.6 Å². The zero-order valence-corrected chi connectivity index (χ0v) is 9.65. The van der Waals surface area contributed by atoms with Crippen molar-refractivity contribution in [1.29, 1.82) is 0 Å². The Hall–Kier alpha value is -1.60. The Kier molecular flexibility index (Phi) is 3.51. The van der Waals surface area contributed by atoms with Gasteiger partial charge in [-0.1, -0.05) is 0 Å². The van der Waals surface area contributed by atoms with E-state index in [-0.39, 0.29) is 10.9 Å². The van der Waals surface area contributed by atoms with E-state index in [1.54, 1.807) is 14.1 Å². The van der Waals surface area contributed by atoms with E-state index in [2.05, 4.69) is 5.32 Å². The van der Waals surface area contributed by atoms with Crippen molar-refractivity contribution in [1.82, 2.24) is 4.90 Å². The third kappa shape index (κ3) is 3.21. The highest BCUT2D eigenvalue weighted by Gasteiger charge is 2.09. The largest absolute Gasteiger partial charge is 0.331 e. The maximum atomic E-state index is 11.2. The molecule has 0 radical (unpaired) electrons. The monoisotopic (exact) mass is 244 g/mol. The minimum absolute atomic E-state index is 0.213. The molecule has 0 aliphatic rings. The van der Waals surface area contributed by atoms with Crippen LogP contribution in [-0.2, 0) is 10.1 Å². The maximum absolute atomic E-state index is 11.2. The molecule has 7 heteroatoms. The number of hydrogen-bond donors (Lipinski definition) is 2. The average molecular weight is 244 g/mol. The van der Waals surface area contributed by atoms with Gasteiger partial charge in [0, 0.05) is 19.8 Å². The van der Waals surface area contributed by atoms with Crippen LogP contribution in [0.25, 0.3) is 0 Å². The van der Waals surface area contributed by atoms with Crippen LogP contribution in [0.5, 0.6) is 0 Å². The first-order valence-electron chi connectivity index (χ1n) is 4.36. The number of hydrogen-bond acceptors (Lipinski definition) is 3. The second kappa shape index (κ2) is 4.50. The zero-order chi connectivity index (χ0) is 12.3. The van der Waals surface area contributed by atoms with E-state index >= 15 is 0 Å². The molecule has 0 fully saturated rings. The summed E-state index contributed by atoms with van der Waals surface area (Å²) < 4.78 is 30.2. The summed E-state index contributed by atoms with van der Waals surface area (Å²) in [6, 6.07) is 4.88. The topological polar surface area (TPSA) is 86.7 Å². The Bertz CT molecular complexity index is 479. The van der Waals surface area contributed by atoms with Gasteiger partial charge >= 0.3 is 6.03 Å². The third-order valence-electron chi connectivity index (χ3n) is 1.81. The average Bonchev–Trinajstić information content (AvgIpc) is 2.17. The van der Waals surface area contributed by atoms with Gasteiger partial charge < -0.3 is 10.2 Å². The van der Waals surface area contributed by atoms with Crippen LogP contribution < -0.4 is 5.32 Å². The summed E-state index contributed by atoms with van der Waals surface area (Å²) in [6.07, 6.45) is 0. The van der Waals surface area contributed by atoms with Crippen LogP contribution >= 0.6 is 0 Å². The van der Waals surface area contributed by atoms with Crippen molar-refractivity contribution >= 4 is 21.8 Å². The van der Waals surface area contributed by atoms with E-state index in [4.69, 9.17) is 4.55 Å². The molecule has 0 saturated carbocycles. The number of rotatable bonds is 2. The number of carbonyl (C=O) groups excluding carboxylic acids is 1. The number of carbonyl (C=O) groups is 1. The quantitative estimate of drug-likeness (QED) is 0.760. The fourth-order valence-corrected chi connectivity index (χ4v) is 1.43. The number of nitrogens with zero attached hydrogens (tertiary/aromatic N) is 1. The first kappa shape index (κ1) is 12.5. The van der Waals surface area contributed by atoms with Crippen molar-refractivity contribution in [3.05, 3.63) is 24.3 Å². The Morgan fingerprint density at radius 2 is 1.75 bits per heavy atom. The van der Waals surface area contributed by atoms with Crippen molar-refractivity contribution in [2.24, 2.45) is 0 Å².